The summed E-state index contributed by atoms with van der Waals surface area (Å²) in [5, 5.41) is 13.9. The molecule has 5 rings (SSSR count). The monoisotopic (exact) mass is 464 g/mol. The molecule has 2 unspecified atom stereocenters. The molecule has 1 aliphatic heterocycles. The van der Waals surface area contributed by atoms with Gasteiger partial charge in [0.05, 0.1) is 18.7 Å². The normalized spacial score (nSPS) is 20.1. The predicted molar refractivity (Wildman–Crippen MR) is 132 cm³/mol. The van der Waals surface area contributed by atoms with Gasteiger partial charge >= 0.3 is 0 Å². The average molecular weight is 465 g/mol. The summed E-state index contributed by atoms with van der Waals surface area (Å²) in [6.45, 7) is 8.48. The number of aromatic amines is 1. The number of hydrogen-bond donors (Lipinski definition) is 1. The third kappa shape index (κ3) is 4.66. The molecule has 3 aromatic rings. The van der Waals surface area contributed by atoms with Crippen LogP contribution in [0.3, 0.4) is 0 Å². The Morgan fingerprint density at radius 1 is 1.15 bits per heavy atom. The maximum atomic E-state index is 13.1. The van der Waals surface area contributed by atoms with Gasteiger partial charge in [0.25, 0.3) is 5.56 Å². The second kappa shape index (κ2) is 9.96. The molecule has 2 aliphatic rings. The van der Waals surface area contributed by atoms with E-state index in [9.17, 15) is 4.79 Å². The quantitative estimate of drug-likeness (QED) is 0.537. The van der Waals surface area contributed by atoms with Crippen LogP contribution in [0, 0.1) is 13.8 Å². The molecule has 3 heterocycles. The van der Waals surface area contributed by atoms with Crippen LogP contribution in [0.1, 0.15) is 80.4 Å². The van der Waals surface area contributed by atoms with Crippen LogP contribution in [-0.2, 0) is 17.8 Å². The molecule has 0 amide bonds. The van der Waals surface area contributed by atoms with Crippen molar-refractivity contribution in [3.8, 4) is 0 Å². The lowest BCUT2D eigenvalue weighted by atomic mass is 10.0. The second-order valence-electron chi connectivity index (χ2n) is 10.0. The molecule has 2 fully saturated rings. The van der Waals surface area contributed by atoms with Gasteiger partial charge in [0.15, 0.2) is 5.82 Å². The van der Waals surface area contributed by atoms with Crippen LogP contribution in [-0.4, -0.2) is 48.8 Å². The molecule has 182 valence electrons. The molecule has 0 bridgehead atoms. The maximum Gasteiger partial charge on any atom is 0.252 e. The number of hydrogen-bond acceptors (Lipinski definition) is 6. The van der Waals surface area contributed by atoms with E-state index in [1.54, 1.807) is 0 Å². The van der Waals surface area contributed by atoms with Crippen LogP contribution in [0.4, 0.5) is 0 Å². The summed E-state index contributed by atoms with van der Waals surface area (Å²) in [7, 11) is 0. The van der Waals surface area contributed by atoms with Crippen molar-refractivity contribution in [3.63, 3.8) is 0 Å². The first-order valence-corrected chi connectivity index (χ1v) is 12.8. The molecule has 8 nitrogen and oxygen atoms in total. The molecule has 1 saturated heterocycles. The first-order chi connectivity index (χ1) is 16.5. The lowest BCUT2D eigenvalue weighted by molar-refractivity contribution is 0.0839. The van der Waals surface area contributed by atoms with Crippen molar-refractivity contribution in [2.24, 2.45) is 0 Å². The van der Waals surface area contributed by atoms with Crippen LogP contribution >= 0.6 is 0 Å². The number of pyridine rings is 1. The molecular formula is C26H36N6O2. The molecular weight excluding hydrogens is 428 g/mol. The van der Waals surface area contributed by atoms with Gasteiger partial charge in [-0.25, -0.2) is 4.68 Å². The Bertz CT molecular complexity index is 1190. The minimum Gasteiger partial charge on any atom is -0.376 e. The van der Waals surface area contributed by atoms with Crippen molar-refractivity contribution >= 4 is 10.9 Å². The molecule has 1 aromatic carbocycles. The van der Waals surface area contributed by atoms with Crippen molar-refractivity contribution in [1.29, 1.82) is 0 Å². The van der Waals surface area contributed by atoms with Gasteiger partial charge in [-0.2, -0.15) is 0 Å². The fourth-order valence-corrected chi connectivity index (χ4v) is 5.69. The van der Waals surface area contributed by atoms with Crippen LogP contribution in [0.5, 0.6) is 0 Å². The number of aryl methyl sites for hydroxylation is 2. The van der Waals surface area contributed by atoms with Gasteiger partial charge in [0.2, 0.25) is 0 Å². The third-order valence-electron chi connectivity index (χ3n) is 7.73. The Hall–Kier alpha value is -2.58. The second-order valence-corrected chi connectivity index (χ2v) is 10.0. The van der Waals surface area contributed by atoms with Crippen LogP contribution in [0.15, 0.2) is 23.0 Å². The highest BCUT2D eigenvalue weighted by Crippen LogP contribution is 2.34. The van der Waals surface area contributed by atoms with Gasteiger partial charge in [-0.3, -0.25) is 9.69 Å². The minimum atomic E-state index is -0.00690. The van der Waals surface area contributed by atoms with Crippen molar-refractivity contribution in [3.05, 3.63) is 51.1 Å². The summed E-state index contributed by atoms with van der Waals surface area (Å²) >= 11 is 0. The zero-order valence-corrected chi connectivity index (χ0v) is 20.6. The third-order valence-corrected chi connectivity index (χ3v) is 7.73. The highest BCUT2D eigenvalue weighted by atomic mass is 16.5. The molecule has 0 radical (unpaired) electrons. The Kier molecular flexibility index (Phi) is 6.79. The van der Waals surface area contributed by atoms with Gasteiger partial charge in [0, 0.05) is 30.3 Å². The zero-order valence-electron chi connectivity index (χ0n) is 20.6. The van der Waals surface area contributed by atoms with E-state index in [4.69, 9.17) is 4.74 Å². The van der Waals surface area contributed by atoms with Crippen molar-refractivity contribution in [1.82, 2.24) is 30.1 Å². The minimum absolute atomic E-state index is 0.00690. The zero-order chi connectivity index (χ0) is 23.7. The van der Waals surface area contributed by atoms with E-state index in [1.807, 2.05) is 4.68 Å². The predicted octanol–water partition coefficient (Wildman–Crippen LogP) is 4.21. The largest absolute Gasteiger partial charge is 0.376 e. The number of nitrogens with one attached hydrogen (secondary N) is 1. The topological polar surface area (TPSA) is 88.9 Å². The van der Waals surface area contributed by atoms with Crippen molar-refractivity contribution in [2.75, 3.05) is 6.61 Å². The van der Waals surface area contributed by atoms with E-state index in [2.05, 4.69) is 64.4 Å². The Morgan fingerprint density at radius 2 is 1.94 bits per heavy atom. The fraction of sp³-hybridized carbons (Fsp3) is 0.615. The molecule has 1 saturated carbocycles. The molecule has 0 spiro atoms. The van der Waals surface area contributed by atoms with Crippen LogP contribution in [0.25, 0.3) is 10.9 Å². The number of nitrogens with zero attached hydrogens (tertiary/aromatic N) is 5. The van der Waals surface area contributed by atoms with Gasteiger partial charge in [0.1, 0.15) is 0 Å². The number of benzene rings is 1. The number of tetrazole rings is 1. The van der Waals surface area contributed by atoms with E-state index >= 15 is 0 Å². The van der Waals surface area contributed by atoms with Gasteiger partial charge < -0.3 is 9.72 Å². The molecule has 34 heavy (non-hydrogen) atoms. The maximum absolute atomic E-state index is 13.1. The number of H-pyrrole nitrogens is 1. The summed E-state index contributed by atoms with van der Waals surface area (Å²) in [4.78, 5) is 18.7. The summed E-state index contributed by atoms with van der Waals surface area (Å²) in [6.07, 6.45) is 7.95. The van der Waals surface area contributed by atoms with E-state index in [1.165, 1.54) is 24.0 Å². The first-order valence-electron chi connectivity index (χ1n) is 12.8. The highest BCUT2D eigenvalue weighted by molar-refractivity contribution is 5.80. The smallest absolute Gasteiger partial charge is 0.252 e. The van der Waals surface area contributed by atoms with E-state index in [-0.39, 0.29) is 17.7 Å². The SMILES string of the molecule is CCC(c1nnnn1CC1CCCO1)N(Cc1cc2cc(C)c(C)cc2[nH]c1=O)C1CCCC1. The molecule has 2 atom stereocenters. The Balaban J connectivity index is 1.48. The fourth-order valence-electron chi connectivity index (χ4n) is 5.69. The number of fused-ring (bicyclic) bond motifs is 1. The molecule has 1 N–H and O–H groups in total. The molecule has 1 aliphatic carbocycles. The molecule has 2 aromatic heterocycles. The van der Waals surface area contributed by atoms with Crippen LogP contribution < -0.4 is 5.56 Å². The lowest BCUT2D eigenvalue weighted by Crippen LogP contribution is -2.39. The standard InChI is InChI=1S/C26H36N6O2/c1-4-24(25-28-29-30-32(25)16-22-10-7-11-34-22)31(21-8-5-6-9-21)15-20-14-19-12-17(2)18(3)13-23(19)27-26(20)33/h12-14,21-22,24H,4-11,15-16H2,1-3H3,(H,27,33). The van der Waals surface area contributed by atoms with Crippen LogP contribution in [0.2, 0.25) is 0 Å². The summed E-state index contributed by atoms with van der Waals surface area (Å²) in [5.74, 6) is 0.883. The highest BCUT2D eigenvalue weighted by Gasteiger charge is 2.33. The van der Waals surface area contributed by atoms with Gasteiger partial charge in [-0.15, -0.1) is 5.10 Å². The number of rotatable bonds is 8. The van der Waals surface area contributed by atoms with E-state index in [0.717, 1.165) is 61.0 Å². The molecule has 8 heteroatoms. The summed E-state index contributed by atoms with van der Waals surface area (Å²) in [6, 6.07) is 6.79. The first kappa shape index (κ1) is 23.2. The Morgan fingerprint density at radius 3 is 2.68 bits per heavy atom. The van der Waals surface area contributed by atoms with Crippen molar-refractivity contribution < 1.29 is 4.74 Å². The number of aromatic nitrogens is 5. The summed E-state index contributed by atoms with van der Waals surface area (Å²) < 4.78 is 7.78. The van der Waals surface area contributed by atoms with Gasteiger partial charge in [-0.1, -0.05) is 19.8 Å². The average Bonchev–Trinajstić information content (AvgIpc) is 3.59. The van der Waals surface area contributed by atoms with Crippen molar-refractivity contribution in [2.45, 2.75) is 97.0 Å². The van der Waals surface area contributed by atoms with Gasteiger partial charge in [-0.05, 0) is 91.1 Å². The van der Waals surface area contributed by atoms with E-state index in [0.29, 0.717) is 19.1 Å². The Labute approximate surface area is 200 Å². The summed E-state index contributed by atoms with van der Waals surface area (Å²) in [5.41, 5.74) is 4.12. The number of ether oxygens (including phenoxy) is 1. The lowest BCUT2D eigenvalue weighted by Gasteiger charge is -2.35. The van der Waals surface area contributed by atoms with E-state index < -0.39 is 0 Å².